The molecular formula is C15H24ClN5O. The van der Waals surface area contributed by atoms with Gasteiger partial charge in [-0.05, 0) is 6.07 Å². The summed E-state index contributed by atoms with van der Waals surface area (Å²) in [4.78, 5) is 19.5. The van der Waals surface area contributed by atoms with Crippen LogP contribution in [-0.2, 0) is 18.4 Å². The fourth-order valence-corrected chi connectivity index (χ4v) is 2.07. The lowest BCUT2D eigenvalue weighted by Gasteiger charge is -2.22. The Kier molecular flexibility index (Phi) is 6.98. The van der Waals surface area contributed by atoms with Gasteiger partial charge in [-0.15, -0.1) is 6.58 Å². The minimum absolute atomic E-state index is 0.0479. The molecule has 0 aliphatic carbocycles. The van der Waals surface area contributed by atoms with E-state index >= 15 is 0 Å². The van der Waals surface area contributed by atoms with E-state index in [4.69, 9.17) is 11.6 Å². The molecule has 0 spiro atoms. The summed E-state index contributed by atoms with van der Waals surface area (Å²) in [7, 11) is 7.28. The number of aryl methyl sites for hydroxylation is 1. The maximum absolute atomic E-state index is 11.7. The Balaban J connectivity index is 2.81. The number of amides is 1. The van der Waals surface area contributed by atoms with Gasteiger partial charge in [0.15, 0.2) is 5.96 Å². The SMILES string of the molecule is C=CCNC(=NCC(=O)N(C)C)N(C)Cc1cc(Cl)cn1C. The first kappa shape index (κ1) is 18.1. The molecule has 1 N–H and O–H groups in total. The topological polar surface area (TPSA) is 52.9 Å². The van der Waals surface area contributed by atoms with Crippen LogP contribution in [0.25, 0.3) is 0 Å². The van der Waals surface area contributed by atoms with Crippen molar-refractivity contribution in [1.82, 2.24) is 19.7 Å². The second-order valence-electron chi connectivity index (χ2n) is 5.21. The van der Waals surface area contributed by atoms with Crippen molar-refractivity contribution in [2.45, 2.75) is 6.54 Å². The zero-order valence-electron chi connectivity index (χ0n) is 13.6. The lowest BCUT2D eigenvalue weighted by Crippen LogP contribution is -2.40. The quantitative estimate of drug-likeness (QED) is 0.488. The van der Waals surface area contributed by atoms with Gasteiger partial charge in [-0.3, -0.25) is 4.79 Å². The molecule has 0 atom stereocenters. The molecule has 1 aromatic heterocycles. The highest BCUT2D eigenvalue weighted by molar-refractivity contribution is 6.30. The molecule has 0 aromatic carbocycles. The summed E-state index contributed by atoms with van der Waals surface area (Å²) in [5.41, 5.74) is 1.06. The smallest absolute Gasteiger partial charge is 0.243 e. The number of aromatic nitrogens is 1. The number of guanidine groups is 1. The van der Waals surface area contributed by atoms with Crippen LogP contribution in [-0.4, -0.2) is 60.5 Å². The largest absolute Gasteiger partial charge is 0.353 e. The van der Waals surface area contributed by atoms with Crippen LogP contribution in [0.4, 0.5) is 0 Å². The van der Waals surface area contributed by atoms with Gasteiger partial charge in [0.1, 0.15) is 6.54 Å². The number of aliphatic imine (C=N–C) groups is 1. The van der Waals surface area contributed by atoms with E-state index < -0.39 is 0 Å². The zero-order chi connectivity index (χ0) is 16.7. The number of hydrogen-bond donors (Lipinski definition) is 1. The van der Waals surface area contributed by atoms with E-state index in [1.165, 1.54) is 4.90 Å². The molecule has 1 rings (SSSR count). The zero-order valence-corrected chi connectivity index (χ0v) is 14.4. The molecule has 6 nitrogen and oxygen atoms in total. The molecule has 0 saturated carbocycles. The van der Waals surface area contributed by atoms with E-state index in [1.54, 1.807) is 20.2 Å². The van der Waals surface area contributed by atoms with Crippen LogP contribution in [0.1, 0.15) is 5.69 Å². The molecule has 0 bridgehead atoms. The summed E-state index contributed by atoms with van der Waals surface area (Å²) in [6.45, 7) is 4.99. The molecular weight excluding hydrogens is 302 g/mol. The summed E-state index contributed by atoms with van der Waals surface area (Å²) in [5, 5.41) is 3.86. The standard InChI is InChI=1S/C15H24ClN5O/c1-6-7-17-15(18-9-14(22)19(2)3)21(5)11-13-8-12(16)10-20(13)4/h6,8,10H,1,7,9,11H2,2-5H3,(H,17,18). The number of likely N-dealkylation sites (N-methyl/N-ethyl adjacent to an activating group) is 1. The number of rotatable bonds is 6. The summed E-state index contributed by atoms with van der Waals surface area (Å²) in [6.07, 6.45) is 3.60. The van der Waals surface area contributed by atoms with Crippen LogP contribution in [0, 0.1) is 0 Å². The molecule has 122 valence electrons. The minimum atomic E-state index is -0.0479. The highest BCUT2D eigenvalue weighted by Crippen LogP contribution is 2.14. The Hall–Kier alpha value is -1.95. The van der Waals surface area contributed by atoms with Gasteiger partial charge in [-0.2, -0.15) is 0 Å². The van der Waals surface area contributed by atoms with Gasteiger partial charge < -0.3 is 19.7 Å². The van der Waals surface area contributed by atoms with Crippen molar-refractivity contribution in [1.29, 1.82) is 0 Å². The molecule has 0 aliphatic heterocycles. The molecule has 0 saturated heterocycles. The third kappa shape index (κ3) is 5.44. The molecule has 0 unspecified atom stereocenters. The molecule has 1 amide bonds. The van der Waals surface area contributed by atoms with Crippen molar-refractivity contribution in [2.75, 3.05) is 34.2 Å². The second-order valence-corrected chi connectivity index (χ2v) is 5.65. The Labute approximate surface area is 137 Å². The highest BCUT2D eigenvalue weighted by Gasteiger charge is 2.11. The maximum atomic E-state index is 11.7. The number of carbonyl (C=O) groups excluding carboxylic acids is 1. The Morgan fingerprint density at radius 1 is 1.50 bits per heavy atom. The Bertz CT molecular complexity index is 550. The van der Waals surface area contributed by atoms with Crippen molar-refractivity contribution in [3.05, 3.63) is 35.6 Å². The van der Waals surface area contributed by atoms with Gasteiger partial charge in [0.2, 0.25) is 5.91 Å². The van der Waals surface area contributed by atoms with E-state index in [9.17, 15) is 4.79 Å². The van der Waals surface area contributed by atoms with Crippen molar-refractivity contribution < 1.29 is 4.79 Å². The third-order valence-corrected chi connectivity index (χ3v) is 3.31. The summed E-state index contributed by atoms with van der Waals surface area (Å²) in [5.74, 6) is 0.598. The third-order valence-electron chi connectivity index (χ3n) is 3.10. The van der Waals surface area contributed by atoms with Crippen LogP contribution < -0.4 is 5.32 Å². The first-order chi connectivity index (χ1) is 10.3. The van der Waals surface area contributed by atoms with Crippen molar-refractivity contribution in [3.63, 3.8) is 0 Å². The van der Waals surface area contributed by atoms with Gasteiger partial charge in [0.25, 0.3) is 0 Å². The minimum Gasteiger partial charge on any atom is -0.353 e. The van der Waals surface area contributed by atoms with Gasteiger partial charge in [-0.1, -0.05) is 17.7 Å². The average molecular weight is 326 g/mol. The summed E-state index contributed by atoms with van der Waals surface area (Å²) >= 11 is 6.00. The van der Waals surface area contributed by atoms with E-state index in [1.807, 2.05) is 35.8 Å². The molecule has 1 heterocycles. The monoisotopic (exact) mass is 325 g/mol. The van der Waals surface area contributed by atoms with Crippen LogP contribution in [0.3, 0.4) is 0 Å². The molecule has 0 fully saturated rings. The lowest BCUT2D eigenvalue weighted by atomic mass is 10.4. The first-order valence-corrected chi connectivity index (χ1v) is 7.34. The molecule has 7 heteroatoms. The van der Waals surface area contributed by atoms with Crippen LogP contribution in [0.5, 0.6) is 0 Å². The van der Waals surface area contributed by atoms with Crippen molar-refractivity contribution in [3.8, 4) is 0 Å². The van der Waals surface area contributed by atoms with E-state index in [0.717, 1.165) is 5.69 Å². The normalized spacial score (nSPS) is 11.2. The van der Waals surface area contributed by atoms with Crippen molar-refractivity contribution in [2.24, 2.45) is 12.0 Å². The van der Waals surface area contributed by atoms with E-state index in [0.29, 0.717) is 24.1 Å². The van der Waals surface area contributed by atoms with E-state index in [-0.39, 0.29) is 12.5 Å². The predicted octanol–water partition coefficient (Wildman–Crippen LogP) is 1.33. The summed E-state index contributed by atoms with van der Waals surface area (Å²) in [6, 6.07) is 1.91. The van der Waals surface area contributed by atoms with Crippen LogP contribution in [0.2, 0.25) is 5.02 Å². The Morgan fingerprint density at radius 2 is 2.18 bits per heavy atom. The van der Waals surface area contributed by atoms with Gasteiger partial charge in [-0.25, -0.2) is 4.99 Å². The average Bonchev–Trinajstić information content (AvgIpc) is 2.76. The molecule has 0 aliphatic rings. The van der Waals surface area contributed by atoms with E-state index in [2.05, 4.69) is 16.9 Å². The number of carbonyl (C=O) groups is 1. The van der Waals surface area contributed by atoms with Gasteiger partial charge in [0.05, 0.1) is 11.6 Å². The number of nitrogens with zero attached hydrogens (tertiary/aromatic N) is 4. The van der Waals surface area contributed by atoms with Gasteiger partial charge in [0, 0.05) is 46.6 Å². The summed E-state index contributed by atoms with van der Waals surface area (Å²) < 4.78 is 1.97. The number of hydrogen-bond acceptors (Lipinski definition) is 2. The molecule has 0 radical (unpaired) electrons. The fourth-order valence-electron chi connectivity index (χ4n) is 1.80. The maximum Gasteiger partial charge on any atom is 0.243 e. The number of nitrogens with one attached hydrogen (secondary N) is 1. The second kappa shape index (κ2) is 8.48. The fraction of sp³-hybridized carbons (Fsp3) is 0.467. The highest BCUT2D eigenvalue weighted by atomic mass is 35.5. The van der Waals surface area contributed by atoms with Gasteiger partial charge >= 0.3 is 0 Å². The Morgan fingerprint density at radius 3 is 2.68 bits per heavy atom. The number of halogens is 1. The van der Waals surface area contributed by atoms with Crippen molar-refractivity contribution >= 4 is 23.5 Å². The van der Waals surface area contributed by atoms with Crippen LogP contribution >= 0.6 is 11.6 Å². The first-order valence-electron chi connectivity index (χ1n) is 6.96. The molecule has 22 heavy (non-hydrogen) atoms. The predicted molar refractivity (Wildman–Crippen MR) is 91.1 cm³/mol. The van der Waals surface area contributed by atoms with Crippen LogP contribution in [0.15, 0.2) is 29.9 Å². The lowest BCUT2D eigenvalue weighted by molar-refractivity contribution is -0.127. The molecule has 1 aromatic rings.